The van der Waals surface area contributed by atoms with Crippen LogP contribution in [0.25, 0.3) is 21.8 Å². The van der Waals surface area contributed by atoms with Crippen molar-refractivity contribution in [2.75, 3.05) is 0 Å². The Balaban J connectivity index is 1.76. The summed E-state index contributed by atoms with van der Waals surface area (Å²) >= 11 is 0. The number of rotatable bonds is 6. The molecule has 0 N–H and O–H groups in total. The van der Waals surface area contributed by atoms with Gasteiger partial charge in [0.1, 0.15) is 0 Å². The second-order valence-corrected chi connectivity index (χ2v) is 8.98. The SMILES string of the molecule is CCCn1cc(C2(c3cn(CCC)c4ccccc34)OC(=O)c3ncccc32)c2ccccc21. The Labute approximate surface area is 198 Å². The van der Waals surface area contributed by atoms with Crippen molar-refractivity contribution in [1.29, 1.82) is 0 Å². The Bertz CT molecular complexity index is 1460. The average molecular weight is 450 g/mol. The van der Waals surface area contributed by atoms with Crippen LogP contribution in [-0.4, -0.2) is 20.1 Å². The van der Waals surface area contributed by atoms with Crippen molar-refractivity contribution in [1.82, 2.24) is 14.1 Å². The van der Waals surface area contributed by atoms with E-state index in [2.05, 4.69) is 88.9 Å². The smallest absolute Gasteiger partial charge is 0.358 e. The molecule has 0 bridgehead atoms. The van der Waals surface area contributed by atoms with Gasteiger partial charge < -0.3 is 13.9 Å². The Kier molecular flexibility index (Phi) is 4.80. The fourth-order valence-electron chi connectivity index (χ4n) is 5.55. The molecule has 6 rings (SSSR count). The predicted octanol–water partition coefficient (Wildman–Crippen LogP) is 6.27. The summed E-state index contributed by atoms with van der Waals surface area (Å²) in [6, 6.07) is 20.7. The maximum atomic E-state index is 13.3. The molecule has 0 aliphatic carbocycles. The molecule has 34 heavy (non-hydrogen) atoms. The first-order valence-electron chi connectivity index (χ1n) is 12.0. The van der Waals surface area contributed by atoms with E-state index in [4.69, 9.17) is 4.74 Å². The molecule has 170 valence electrons. The van der Waals surface area contributed by atoms with E-state index in [1.165, 1.54) is 0 Å². The molecule has 0 amide bonds. The lowest BCUT2D eigenvalue weighted by atomic mass is 9.80. The normalized spacial score (nSPS) is 14.6. The highest BCUT2D eigenvalue weighted by atomic mass is 16.6. The minimum absolute atomic E-state index is 0.379. The van der Waals surface area contributed by atoms with Crippen LogP contribution in [0.3, 0.4) is 0 Å². The van der Waals surface area contributed by atoms with E-state index in [9.17, 15) is 4.79 Å². The first-order chi connectivity index (χ1) is 16.7. The molecule has 1 aliphatic heterocycles. The maximum absolute atomic E-state index is 13.3. The van der Waals surface area contributed by atoms with Gasteiger partial charge in [0, 0.05) is 70.2 Å². The Hall–Kier alpha value is -3.86. The van der Waals surface area contributed by atoms with Crippen LogP contribution in [0.5, 0.6) is 0 Å². The standard InChI is InChI=1S/C29H27N3O2/c1-3-16-31-18-23(20-10-5-7-13-25(20)31)29(22-12-9-15-30-27(22)28(33)34-29)24-19-32(17-4-2)26-14-8-6-11-21(24)26/h5-15,18-19H,3-4,16-17H2,1-2H3. The number of para-hydroxylation sites is 2. The van der Waals surface area contributed by atoms with Crippen LogP contribution in [0, 0.1) is 0 Å². The van der Waals surface area contributed by atoms with Crippen LogP contribution < -0.4 is 0 Å². The third kappa shape index (κ3) is 2.79. The fraction of sp³-hybridized carbons (Fsp3) is 0.241. The lowest BCUT2D eigenvalue weighted by Crippen LogP contribution is -2.29. The fourth-order valence-corrected chi connectivity index (χ4v) is 5.55. The molecule has 5 nitrogen and oxygen atoms in total. The summed E-state index contributed by atoms with van der Waals surface area (Å²) in [7, 11) is 0. The zero-order chi connectivity index (χ0) is 23.3. The molecule has 5 heteroatoms. The van der Waals surface area contributed by atoms with Crippen LogP contribution >= 0.6 is 0 Å². The van der Waals surface area contributed by atoms with Gasteiger partial charge >= 0.3 is 5.97 Å². The molecule has 4 heterocycles. The summed E-state index contributed by atoms with van der Waals surface area (Å²) < 4.78 is 11.0. The lowest BCUT2D eigenvalue weighted by molar-refractivity contribution is 0.0256. The van der Waals surface area contributed by atoms with Gasteiger partial charge in [0.05, 0.1) is 0 Å². The molecule has 0 spiro atoms. The van der Waals surface area contributed by atoms with Crippen molar-refractivity contribution in [3.05, 3.63) is 102 Å². The largest absolute Gasteiger partial charge is 0.439 e. The maximum Gasteiger partial charge on any atom is 0.358 e. The molecule has 3 aromatic heterocycles. The number of hydrogen-bond acceptors (Lipinski definition) is 3. The summed E-state index contributed by atoms with van der Waals surface area (Å²) in [5.41, 5.74) is 4.37. The molecule has 1 aliphatic rings. The summed E-state index contributed by atoms with van der Waals surface area (Å²) in [5.74, 6) is -0.379. The van der Waals surface area contributed by atoms with Gasteiger partial charge in [0.25, 0.3) is 0 Å². The molecular formula is C29H27N3O2. The number of carbonyl (C=O) groups excluding carboxylic acids is 1. The second-order valence-electron chi connectivity index (χ2n) is 8.98. The summed E-state index contributed by atoms with van der Waals surface area (Å²) in [6.07, 6.45) is 8.04. The van der Waals surface area contributed by atoms with E-state index in [1.54, 1.807) is 6.20 Å². The van der Waals surface area contributed by atoms with Crippen LogP contribution in [0.4, 0.5) is 0 Å². The van der Waals surface area contributed by atoms with E-state index in [0.29, 0.717) is 5.69 Å². The number of nitrogens with zero attached hydrogens (tertiary/aromatic N) is 3. The van der Waals surface area contributed by atoms with Gasteiger partial charge in [-0.3, -0.25) is 0 Å². The first kappa shape index (κ1) is 20.7. The Morgan fingerprint density at radius 2 is 1.32 bits per heavy atom. The van der Waals surface area contributed by atoms with Crippen molar-refractivity contribution in [2.24, 2.45) is 0 Å². The number of ether oxygens (including phenoxy) is 1. The minimum atomic E-state index is -1.07. The van der Waals surface area contributed by atoms with Crippen LogP contribution in [0.1, 0.15) is 53.9 Å². The monoisotopic (exact) mass is 449 g/mol. The average Bonchev–Trinajstić information content (AvgIpc) is 3.52. The van der Waals surface area contributed by atoms with E-state index in [0.717, 1.165) is 64.4 Å². The summed E-state index contributed by atoms with van der Waals surface area (Å²) in [4.78, 5) is 17.7. The van der Waals surface area contributed by atoms with Crippen molar-refractivity contribution < 1.29 is 9.53 Å². The molecule has 5 aromatic rings. The number of fused-ring (bicyclic) bond motifs is 3. The quantitative estimate of drug-likeness (QED) is 0.287. The van der Waals surface area contributed by atoms with Gasteiger partial charge in [0.15, 0.2) is 11.3 Å². The van der Waals surface area contributed by atoms with Crippen molar-refractivity contribution >= 4 is 27.8 Å². The van der Waals surface area contributed by atoms with Gasteiger partial charge in [-0.15, -0.1) is 0 Å². The van der Waals surface area contributed by atoms with Crippen molar-refractivity contribution in [3.8, 4) is 0 Å². The molecule has 0 saturated carbocycles. The third-order valence-electron chi connectivity index (χ3n) is 6.89. The van der Waals surface area contributed by atoms with E-state index in [1.807, 2.05) is 12.1 Å². The molecule has 0 saturated heterocycles. The summed E-state index contributed by atoms with van der Waals surface area (Å²) in [5, 5.41) is 2.18. The predicted molar refractivity (Wildman–Crippen MR) is 134 cm³/mol. The van der Waals surface area contributed by atoms with E-state index < -0.39 is 5.60 Å². The topological polar surface area (TPSA) is 49.0 Å². The first-order valence-corrected chi connectivity index (χ1v) is 12.0. The van der Waals surface area contributed by atoms with Gasteiger partial charge in [-0.2, -0.15) is 0 Å². The highest BCUT2D eigenvalue weighted by Gasteiger charge is 2.52. The number of hydrogen-bond donors (Lipinski definition) is 0. The second kappa shape index (κ2) is 7.87. The molecule has 0 unspecified atom stereocenters. The molecule has 0 atom stereocenters. The molecular weight excluding hydrogens is 422 g/mol. The highest BCUT2D eigenvalue weighted by Crippen LogP contribution is 2.51. The third-order valence-corrected chi connectivity index (χ3v) is 6.89. The van der Waals surface area contributed by atoms with Crippen LogP contribution in [-0.2, 0) is 23.4 Å². The van der Waals surface area contributed by atoms with Gasteiger partial charge in [-0.1, -0.05) is 56.3 Å². The van der Waals surface area contributed by atoms with E-state index >= 15 is 0 Å². The van der Waals surface area contributed by atoms with Gasteiger partial charge in [0.2, 0.25) is 0 Å². The molecule has 0 fully saturated rings. The number of pyridine rings is 1. The number of benzene rings is 2. The Morgan fingerprint density at radius 3 is 1.88 bits per heavy atom. The zero-order valence-electron chi connectivity index (χ0n) is 19.5. The summed E-state index contributed by atoms with van der Waals surface area (Å²) in [6.45, 7) is 6.14. The Morgan fingerprint density at radius 1 is 0.765 bits per heavy atom. The van der Waals surface area contributed by atoms with Crippen LogP contribution in [0.2, 0.25) is 0 Å². The molecule has 2 aromatic carbocycles. The zero-order valence-corrected chi connectivity index (χ0v) is 19.5. The number of aryl methyl sites for hydroxylation is 2. The number of aromatic nitrogens is 3. The number of cyclic esters (lactones) is 1. The van der Waals surface area contributed by atoms with Crippen molar-refractivity contribution in [3.63, 3.8) is 0 Å². The lowest BCUT2D eigenvalue weighted by Gasteiger charge is -2.29. The number of esters is 1. The van der Waals surface area contributed by atoms with Gasteiger partial charge in [-0.05, 0) is 31.0 Å². The molecule has 0 radical (unpaired) electrons. The number of carbonyl (C=O) groups is 1. The van der Waals surface area contributed by atoms with Gasteiger partial charge in [-0.25, -0.2) is 9.78 Å². The highest BCUT2D eigenvalue weighted by molar-refractivity contribution is 5.99. The van der Waals surface area contributed by atoms with E-state index in [-0.39, 0.29) is 5.97 Å². The minimum Gasteiger partial charge on any atom is -0.439 e. The van der Waals surface area contributed by atoms with Crippen molar-refractivity contribution in [2.45, 2.75) is 45.4 Å². The van der Waals surface area contributed by atoms with Crippen LogP contribution in [0.15, 0.2) is 79.3 Å².